The van der Waals surface area contributed by atoms with E-state index < -0.39 is 5.92 Å². The van der Waals surface area contributed by atoms with E-state index in [2.05, 4.69) is 4.98 Å². The van der Waals surface area contributed by atoms with Crippen molar-refractivity contribution in [3.8, 4) is 28.7 Å². The predicted molar refractivity (Wildman–Crippen MR) is 146 cm³/mol. The molecule has 0 spiro atoms. The zero-order valence-electron chi connectivity index (χ0n) is 21.9. The first-order valence-electron chi connectivity index (χ1n) is 12.7. The zero-order valence-corrected chi connectivity index (χ0v) is 21.9. The molecule has 3 heterocycles. The van der Waals surface area contributed by atoms with E-state index in [9.17, 15) is 9.59 Å². The molecule has 2 aliphatic heterocycles. The first kappa shape index (κ1) is 25.2. The standard InChI is InChI=1S/C32H25NO7/c1-36-26-10-4-8-21(31(26)37-2)15-27-30(35)23-11-12-25-29(32(23)40-27)24(16-28(34)39-25)20-7-3-9-22(14-20)38-18-19-6-5-13-33-17-19/h3-15,17,24H,16,18H2,1-2H3/b27-15-. The van der Waals surface area contributed by atoms with Crippen LogP contribution in [0.5, 0.6) is 28.7 Å². The molecule has 2 aliphatic rings. The molecular weight excluding hydrogens is 510 g/mol. The minimum Gasteiger partial charge on any atom is -0.493 e. The van der Waals surface area contributed by atoms with Gasteiger partial charge in [0, 0.05) is 35.0 Å². The number of nitrogens with zero attached hydrogens (tertiary/aromatic N) is 1. The molecule has 200 valence electrons. The number of carbonyl (C=O) groups excluding carboxylic acids is 2. The molecule has 0 bridgehead atoms. The number of hydrogen-bond donors (Lipinski definition) is 0. The van der Waals surface area contributed by atoms with E-state index in [1.807, 2.05) is 42.5 Å². The highest BCUT2D eigenvalue weighted by atomic mass is 16.5. The van der Waals surface area contributed by atoms with Gasteiger partial charge in [-0.15, -0.1) is 0 Å². The second-order valence-electron chi connectivity index (χ2n) is 9.33. The van der Waals surface area contributed by atoms with Crippen LogP contribution in [0, 0.1) is 0 Å². The first-order chi connectivity index (χ1) is 19.6. The number of esters is 1. The minimum absolute atomic E-state index is 0.0931. The molecule has 0 radical (unpaired) electrons. The van der Waals surface area contributed by atoms with Crippen LogP contribution in [0.25, 0.3) is 6.08 Å². The van der Waals surface area contributed by atoms with Crippen molar-refractivity contribution in [2.45, 2.75) is 18.9 Å². The maximum atomic E-state index is 13.4. The zero-order chi connectivity index (χ0) is 27.6. The van der Waals surface area contributed by atoms with E-state index in [-0.39, 0.29) is 23.9 Å². The summed E-state index contributed by atoms with van der Waals surface area (Å²) in [5, 5.41) is 0. The van der Waals surface area contributed by atoms with Crippen LogP contribution < -0.4 is 23.7 Å². The highest BCUT2D eigenvalue weighted by Gasteiger charge is 2.38. The topological polar surface area (TPSA) is 93.2 Å². The van der Waals surface area contributed by atoms with Gasteiger partial charge in [-0.05, 0) is 48.0 Å². The number of carbonyl (C=O) groups is 2. The van der Waals surface area contributed by atoms with Crippen molar-refractivity contribution >= 4 is 17.8 Å². The third-order valence-corrected chi connectivity index (χ3v) is 6.89. The summed E-state index contributed by atoms with van der Waals surface area (Å²) in [7, 11) is 3.09. The molecule has 3 aromatic carbocycles. The van der Waals surface area contributed by atoms with Gasteiger partial charge in [-0.3, -0.25) is 14.6 Å². The van der Waals surface area contributed by atoms with Crippen LogP contribution in [0.1, 0.15) is 45.0 Å². The van der Waals surface area contributed by atoms with Gasteiger partial charge in [0.05, 0.1) is 26.2 Å². The molecular formula is C32H25NO7. The Morgan fingerprint density at radius 1 is 0.975 bits per heavy atom. The summed E-state index contributed by atoms with van der Waals surface area (Å²) in [6.07, 6.45) is 5.19. The summed E-state index contributed by atoms with van der Waals surface area (Å²) in [4.78, 5) is 30.1. The van der Waals surface area contributed by atoms with Crippen molar-refractivity contribution < 1.29 is 33.3 Å². The highest BCUT2D eigenvalue weighted by molar-refractivity contribution is 6.15. The van der Waals surface area contributed by atoms with E-state index in [4.69, 9.17) is 23.7 Å². The van der Waals surface area contributed by atoms with Crippen LogP contribution >= 0.6 is 0 Å². The quantitative estimate of drug-likeness (QED) is 0.168. The van der Waals surface area contributed by atoms with Gasteiger partial charge in [-0.1, -0.05) is 30.3 Å². The normalized spacial score (nSPS) is 16.6. The number of hydrogen-bond acceptors (Lipinski definition) is 8. The molecule has 0 amide bonds. The molecule has 0 saturated carbocycles. The average Bonchev–Trinajstić information content (AvgIpc) is 3.30. The summed E-state index contributed by atoms with van der Waals surface area (Å²) in [6.45, 7) is 0.357. The summed E-state index contributed by atoms with van der Waals surface area (Å²) in [5.74, 6) is 1.54. The van der Waals surface area contributed by atoms with Gasteiger partial charge in [-0.25, -0.2) is 0 Å². The SMILES string of the molecule is COc1cccc(/C=C2\Oc3c(ccc4c3C(c3cccc(OCc5cccnc5)c3)CC(=O)O4)C2=O)c1OC. The Balaban J connectivity index is 1.36. The van der Waals surface area contributed by atoms with E-state index >= 15 is 0 Å². The monoisotopic (exact) mass is 535 g/mol. The van der Waals surface area contributed by atoms with Gasteiger partial charge in [0.25, 0.3) is 0 Å². The molecule has 1 aromatic heterocycles. The summed E-state index contributed by atoms with van der Waals surface area (Å²) in [6, 6.07) is 20.0. The van der Waals surface area contributed by atoms with Crippen molar-refractivity contribution in [3.05, 3.63) is 113 Å². The van der Waals surface area contributed by atoms with Gasteiger partial charge < -0.3 is 23.7 Å². The average molecular weight is 536 g/mol. The van der Waals surface area contributed by atoms with E-state index in [0.29, 0.717) is 52.0 Å². The largest absolute Gasteiger partial charge is 0.493 e. The summed E-state index contributed by atoms with van der Waals surface area (Å²) >= 11 is 0. The number of fused-ring (bicyclic) bond motifs is 3. The molecule has 8 nitrogen and oxygen atoms in total. The van der Waals surface area contributed by atoms with E-state index in [0.717, 1.165) is 11.1 Å². The van der Waals surface area contributed by atoms with Gasteiger partial charge in [0.1, 0.15) is 23.9 Å². The van der Waals surface area contributed by atoms with Crippen molar-refractivity contribution in [2.24, 2.45) is 0 Å². The Kier molecular flexibility index (Phi) is 6.66. The third-order valence-electron chi connectivity index (χ3n) is 6.89. The second-order valence-corrected chi connectivity index (χ2v) is 9.33. The lowest BCUT2D eigenvalue weighted by molar-refractivity contribution is -0.135. The van der Waals surface area contributed by atoms with Crippen LogP contribution in [0.3, 0.4) is 0 Å². The van der Waals surface area contributed by atoms with Crippen molar-refractivity contribution in [1.29, 1.82) is 0 Å². The van der Waals surface area contributed by atoms with Crippen molar-refractivity contribution in [3.63, 3.8) is 0 Å². The third kappa shape index (κ3) is 4.64. The highest BCUT2D eigenvalue weighted by Crippen LogP contribution is 2.49. The Bertz CT molecular complexity index is 1640. The van der Waals surface area contributed by atoms with Crippen molar-refractivity contribution in [2.75, 3.05) is 14.2 Å². The summed E-state index contributed by atoms with van der Waals surface area (Å²) < 4.78 is 28.7. The second kappa shape index (κ2) is 10.6. The van der Waals surface area contributed by atoms with Gasteiger partial charge >= 0.3 is 5.97 Å². The van der Waals surface area contributed by atoms with Crippen molar-refractivity contribution in [1.82, 2.24) is 4.98 Å². The van der Waals surface area contributed by atoms with Gasteiger partial charge in [-0.2, -0.15) is 0 Å². The molecule has 1 unspecified atom stereocenters. The van der Waals surface area contributed by atoms with Gasteiger partial charge in [0.2, 0.25) is 5.78 Å². The molecule has 1 atom stereocenters. The Labute approximate surface area is 230 Å². The molecule has 0 fully saturated rings. The number of Topliss-reactive ketones (excluding diaryl/α,β-unsaturated/α-hetero) is 1. The Morgan fingerprint density at radius 2 is 1.85 bits per heavy atom. The Morgan fingerprint density at radius 3 is 2.65 bits per heavy atom. The fourth-order valence-corrected chi connectivity index (χ4v) is 5.03. The lowest BCUT2D eigenvalue weighted by Gasteiger charge is -2.26. The Hall–Kier alpha value is -5.11. The van der Waals surface area contributed by atoms with Crippen LogP contribution in [0.15, 0.2) is 84.9 Å². The first-order valence-corrected chi connectivity index (χ1v) is 12.7. The number of ketones is 1. The number of aromatic nitrogens is 1. The smallest absolute Gasteiger partial charge is 0.312 e. The lowest BCUT2D eigenvalue weighted by atomic mass is 9.84. The predicted octanol–water partition coefficient (Wildman–Crippen LogP) is 5.74. The number of pyridine rings is 1. The van der Waals surface area contributed by atoms with E-state index in [1.54, 1.807) is 49.8 Å². The fraction of sp³-hybridized carbons (Fsp3) is 0.156. The molecule has 0 aliphatic carbocycles. The molecule has 8 heteroatoms. The fourth-order valence-electron chi connectivity index (χ4n) is 5.03. The molecule has 40 heavy (non-hydrogen) atoms. The number of ether oxygens (including phenoxy) is 5. The molecule has 4 aromatic rings. The molecule has 0 N–H and O–H groups in total. The van der Waals surface area contributed by atoms with Crippen LogP contribution in [0.4, 0.5) is 0 Å². The van der Waals surface area contributed by atoms with Crippen LogP contribution in [-0.2, 0) is 11.4 Å². The van der Waals surface area contributed by atoms with Crippen LogP contribution in [-0.4, -0.2) is 31.0 Å². The molecule has 0 saturated heterocycles. The number of allylic oxidation sites excluding steroid dienone is 1. The maximum absolute atomic E-state index is 13.4. The number of para-hydroxylation sites is 1. The minimum atomic E-state index is -0.397. The number of methoxy groups -OCH3 is 2. The van der Waals surface area contributed by atoms with Gasteiger partial charge in [0.15, 0.2) is 17.3 Å². The maximum Gasteiger partial charge on any atom is 0.312 e. The lowest BCUT2D eigenvalue weighted by Crippen LogP contribution is -2.21. The molecule has 6 rings (SSSR count). The van der Waals surface area contributed by atoms with E-state index in [1.165, 1.54) is 7.11 Å². The number of rotatable bonds is 7. The van der Waals surface area contributed by atoms with Crippen LogP contribution in [0.2, 0.25) is 0 Å². The number of benzene rings is 3. The summed E-state index contributed by atoms with van der Waals surface area (Å²) in [5.41, 5.74) is 3.47.